The molecule has 0 saturated carbocycles. The third kappa shape index (κ3) is 6.08. The molecule has 0 aliphatic carbocycles. The second-order valence-electron chi connectivity index (χ2n) is 3.14. The lowest BCUT2D eigenvalue weighted by Gasteiger charge is -1.97. The van der Waals surface area contributed by atoms with Crippen molar-refractivity contribution in [2.24, 2.45) is 0 Å². The Hall–Kier alpha value is -0.660. The fourth-order valence-electron chi connectivity index (χ4n) is 1.07. The molecule has 0 saturated heterocycles. The molecule has 0 heterocycles. The first-order chi connectivity index (χ1) is 5.68. The van der Waals surface area contributed by atoms with E-state index in [1.54, 1.807) is 0 Å². The van der Waals surface area contributed by atoms with Crippen molar-refractivity contribution in [3.8, 4) is 0 Å². The SMILES string of the molecule is CCCCCCCC(=O)C(C)=O. The minimum Gasteiger partial charge on any atom is -0.291 e. The van der Waals surface area contributed by atoms with Crippen LogP contribution in [0.3, 0.4) is 0 Å². The van der Waals surface area contributed by atoms with E-state index in [4.69, 9.17) is 0 Å². The predicted molar refractivity (Wildman–Crippen MR) is 49.1 cm³/mol. The van der Waals surface area contributed by atoms with Gasteiger partial charge in [0.25, 0.3) is 0 Å². The van der Waals surface area contributed by atoms with Crippen LogP contribution in [-0.4, -0.2) is 11.6 Å². The number of unbranched alkanes of at least 4 members (excludes halogenated alkanes) is 4. The summed E-state index contributed by atoms with van der Waals surface area (Å²) in [7, 11) is 0. The van der Waals surface area contributed by atoms with Crippen molar-refractivity contribution in [2.75, 3.05) is 0 Å². The van der Waals surface area contributed by atoms with Crippen LogP contribution >= 0.6 is 0 Å². The number of ketones is 2. The highest BCUT2D eigenvalue weighted by molar-refractivity contribution is 6.36. The van der Waals surface area contributed by atoms with Gasteiger partial charge in [-0.05, 0) is 6.42 Å². The van der Waals surface area contributed by atoms with Gasteiger partial charge in [0.05, 0.1) is 0 Å². The lowest BCUT2D eigenvalue weighted by Crippen LogP contribution is -2.08. The monoisotopic (exact) mass is 170 g/mol. The molecular formula is C10H18O2. The maximum atomic E-state index is 10.8. The topological polar surface area (TPSA) is 34.1 Å². The number of Topliss-reactive ketones (excluding diaryl/α,β-unsaturated/α-hetero) is 2. The van der Waals surface area contributed by atoms with Crippen molar-refractivity contribution in [2.45, 2.75) is 52.4 Å². The second kappa shape index (κ2) is 7.01. The Balaban J connectivity index is 3.20. The molecule has 0 amide bonds. The minimum atomic E-state index is -0.300. The van der Waals surface area contributed by atoms with Gasteiger partial charge in [0, 0.05) is 13.3 Å². The molecule has 12 heavy (non-hydrogen) atoms. The molecule has 0 N–H and O–H groups in total. The van der Waals surface area contributed by atoms with Crippen LogP contribution in [0.15, 0.2) is 0 Å². The van der Waals surface area contributed by atoms with Crippen LogP contribution in [0.25, 0.3) is 0 Å². The van der Waals surface area contributed by atoms with Gasteiger partial charge in [-0.2, -0.15) is 0 Å². The molecule has 0 bridgehead atoms. The van der Waals surface area contributed by atoms with Crippen LogP contribution in [0.4, 0.5) is 0 Å². The van der Waals surface area contributed by atoms with Crippen LogP contribution in [0.2, 0.25) is 0 Å². The highest BCUT2D eigenvalue weighted by atomic mass is 16.2. The van der Waals surface area contributed by atoms with Crippen molar-refractivity contribution in [1.82, 2.24) is 0 Å². The highest BCUT2D eigenvalue weighted by Gasteiger charge is 2.05. The average molecular weight is 170 g/mol. The predicted octanol–water partition coefficient (Wildman–Crippen LogP) is 2.51. The molecule has 0 aromatic heterocycles. The Morgan fingerprint density at radius 3 is 2.08 bits per heavy atom. The number of rotatable bonds is 7. The lowest BCUT2D eigenvalue weighted by atomic mass is 10.1. The van der Waals surface area contributed by atoms with E-state index in [2.05, 4.69) is 6.92 Å². The Kier molecular flexibility index (Phi) is 6.63. The number of hydrogen-bond donors (Lipinski definition) is 0. The smallest absolute Gasteiger partial charge is 0.198 e. The van der Waals surface area contributed by atoms with Crippen molar-refractivity contribution in [3.05, 3.63) is 0 Å². The van der Waals surface area contributed by atoms with Gasteiger partial charge in [-0.15, -0.1) is 0 Å². The molecule has 0 aromatic rings. The molecule has 0 aliphatic rings. The molecule has 70 valence electrons. The third-order valence-corrected chi connectivity index (χ3v) is 1.90. The quantitative estimate of drug-likeness (QED) is 0.434. The standard InChI is InChI=1S/C10H18O2/c1-3-4-5-6-7-8-10(12)9(2)11/h3-8H2,1-2H3. The Bertz CT molecular complexity index is 150. The highest BCUT2D eigenvalue weighted by Crippen LogP contribution is 2.05. The molecule has 0 atom stereocenters. The van der Waals surface area contributed by atoms with Crippen LogP contribution < -0.4 is 0 Å². The Morgan fingerprint density at radius 2 is 1.58 bits per heavy atom. The summed E-state index contributed by atoms with van der Waals surface area (Å²) in [6, 6.07) is 0. The van der Waals surface area contributed by atoms with Gasteiger partial charge in [-0.3, -0.25) is 9.59 Å². The van der Waals surface area contributed by atoms with E-state index < -0.39 is 0 Å². The normalized spacial score (nSPS) is 9.83. The van der Waals surface area contributed by atoms with E-state index in [1.165, 1.54) is 26.2 Å². The molecule has 0 aromatic carbocycles. The molecular weight excluding hydrogens is 152 g/mol. The summed E-state index contributed by atoms with van der Waals surface area (Å²) in [6.45, 7) is 3.50. The first-order valence-corrected chi connectivity index (χ1v) is 4.72. The molecule has 0 fully saturated rings. The van der Waals surface area contributed by atoms with Gasteiger partial charge in [0.1, 0.15) is 0 Å². The van der Waals surface area contributed by atoms with Gasteiger partial charge in [0.2, 0.25) is 0 Å². The fraction of sp³-hybridized carbons (Fsp3) is 0.800. The molecule has 0 radical (unpaired) electrons. The average Bonchev–Trinajstić information content (AvgIpc) is 2.03. The van der Waals surface area contributed by atoms with E-state index in [0.29, 0.717) is 6.42 Å². The number of hydrogen-bond acceptors (Lipinski definition) is 2. The maximum absolute atomic E-state index is 10.8. The van der Waals surface area contributed by atoms with Crippen LogP contribution in [0, 0.1) is 0 Å². The van der Waals surface area contributed by atoms with Crippen LogP contribution in [0.5, 0.6) is 0 Å². The summed E-state index contributed by atoms with van der Waals surface area (Å²) in [5.41, 5.74) is 0. The largest absolute Gasteiger partial charge is 0.291 e. The van der Waals surface area contributed by atoms with E-state index in [0.717, 1.165) is 12.8 Å². The molecule has 2 nitrogen and oxygen atoms in total. The molecule has 0 unspecified atom stereocenters. The van der Waals surface area contributed by atoms with Gasteiger partial charge in [0.15, 0.2) is 11.6 Å². The minimum absolute atomic E-state index is 0.216. The van der Waals surface area contributed by atoms with Crippen molar-refractivity contribution in [3.63, 3.8) is 0 Å². The van der Waals surface area contributed by atoms with E-state index in [9.17, 15) is 9.59 Å². The number of carbonyl (C=O) groups excluding carboxylic acids is 2. The van der Waals surface area contributed by atoms with Crippen LogP contribution in [0.1, 0.15) is 52.4 Å². The third-order valence-electron chi connectivity index (χ3n) is 1.90. The zero-order chi connectivity index (χ0) is 9.40. The van der Waals surface area contributed by atoms with E-state index in [1.807, 2.05) is 0 Å². The Morgan fingerprint density at radius 1 is 1.00 bits per heavy atom. The van der Waals surface area contributed by atoms with Gasteiger partial charge < -0.3 is 0 Å². The van der Waals surface area contributed by atoms with Gasteiger partial charge >= 0.3 is 0 Å². The summed E-state index contributed by atoms with van der Waals surface area (Å²) in [5.74, 6) is -0.517. The summed E-state index contributed by atoms with van der Waals surface area (Å²) in [4.78, 5) is 21.3. The first-order valence-electron chi connectivity index (χ1n) is 4.72. The van der Waals surface area contributed by atoms with Crippen molar-refractivity contribution in [1.29, 1.82) is 0 Å². The first kappa shape index (κ1) is 11.3. The number of carbonyl (C=O) groups is 2. The van der Waals surface area contributed by atoms with Gasteiger partial charge in [-0.25, -0.2) is 0 Å². The molecule has 2 heteroatoms. The fourth-order valence-corrected chi connectivity index (χ4v) is 1.07. The van der Waals surface area contributed by atoms with Gasteiger partial charge in [-0.1, -0.05) is 32.6 Å². The van der Waals surface area contributed by atoms with Crippen LogP contribution in [-0.2, 0) is 9.59 Å². The zero-order valence-corrected chi connectivity index (χ0v) is 8.06. The van der Waals surface area contributed by atoms with Crippen molar-refractivity contribution < 1.29 is 9.59 Å². The summed E-state index contributed by atoms with van der Waals surface area (Å²) >= 11 is 0. The Labute approximate surface area is 74.3 Å². The zero-order valence-electron chi connectivity index (χ0n) is 8.06. The molecule has 0 rings (SSSR count). The summed E-state index contributed by atoms with van der Waals surface area (Å²) in [6.07, 6.45) is 6.01. The van der Waals surface area contributed by atoms with E-state index >= 15 is 0 Å². The van der Waals surface area contributed by atoms with E-state index in [-0.39, 0.29) is 11.6 Å². The molecule has 0 aliphatic heterocycles. The lowest BCUT2D eigenvalue weighted by molar-refractivity contribution is -0.135. The summed E-state index contributed by atoms with van der Waals surface area (Å²) in [5, 5.41) is 0. The summed E-state index contributed by atoms with van der Waals surface area (Å²) < 4.78 is 0. The maximum Gasteiger partial charge on any atom is 0.198 e. The molecule has 0 spiro atoms. The van der Waals surface area contributed by atoms with Crippen molar-refractivity contribution >= 4 is 11.6 Å². The second-order valence-corrected chi connectivity index (χ2v) is 3.14.